The zero-order valence-electron chi connectivity index (χ0n) is 11.3. The first-order valence-electron chi connectivity index (χ1n) is 6.41. The van der Waals surface area contributed by atoms with Crippen LogP contribution in [0.3, 0.4) is 0 Å². The molecule has 0 aliphatic heterocycles. The fourth-order valence-corrected chi connectivity index (χ4v) is 2.01. The number of aryl methyl sites for hydroxylation is 2. The number of aromatic nitrogens is 3. The molecule has 0 aliphatic carbocycles. The summed E-state index contributed by atoms with van der Waals surface area (Å²) < 4.78 is 1.72. The van der Waals surface area contributed by atoms with Crippen LogP contribution in [0.2, 0.25) is 0 Å². The minimum Gasteiger partial charge on any atom is -0.352 e. The van der Waals surface area contributed by atoms with Crippen LogP contribution in [0.1, 0.15) is 28.9 Å². The van der Waals surface area contributed by atoms with E-state index in [-0.39, 0.29) is 5.91 Å². The maximum Gasteiger partial charge on any atom is 0.252 e. The number of carbonyl (C=O) groups excluding carboxylic acids is 1. The lowest BCUT2D eigenvalue weighted by Crippen LogP contribution is -2.25. The third kappa shape index (κ3) is 2.90. The molecule has 102 valence electrons. The minimum absolute atomic E-state index is 0.102. The fourth-order valence-electron chi connectivity index (χ4n) is 2.01. The van der Waals surface area contributed by atoms with Gasteiger partial charge in [-0.05, 0) is 32.4 Å². The highest BCUT2D eigenvalue weighted by atomic mass is 16.1. The molecule has 0 fully saturated rings. The Morgan fingerprint density at radius 3 is 3.00 bits per heavy atom. The Labute approximate surface area is 112 Å². The molecule has 0 bridgehead atoms. The largest absolute Gasteiger partial charge is 0.352 e. The molecule has 6 nitrogen and oxygen atoms in total. The number of nitrogens with zero attached hydrogens (tertiary/aromatic N) is 3. The lowest BCUT2D eigenvalue weighted by Gasteiger charge is -2.04. The minimum atomic E-state index is -0.102. The molecule has 0 aliphatic rings. The lowest BCUT2D eigenvalue weighted by molar-refractivity contribution is 0.0953. The van der Waals surface area contributed by atoms with Gasteiger partial charge < -0.3 is 11.1 Å². The maximum absolute atomic E-state index is 12.0. The van der Waals surface area contributed by atoms with E-state index < -0.39 is 0 Å². The molecule has 1 amide bonds. The Morgan fingerprint density at radius 1 is 1.47 bits per heavy atom. The molecule has 0 radical (unpaired) electrons. The van der Waals surface area contributed by atoms with Crippen molar-refractivity contribution in [2.24, 2.45) is 12.8 Å². The normalized spacial score (nSPS) is 10.9. The second kappa shape index (κ2) is 5.79. The summed E-state index contributed by atoms with van der Waals surface area (Å²) in [5.74, 6) is -0.102. The van der Waals surface area contributed by atoms with Crippen LogP contribution in [-0.2, 0) is 7.05 Å². The molecule has 2 rings (SSSR count). The second-order valence-corrected chi connectivity index (χ2v) is 4.56. The van der Waals surface area contributed by atoms with Crippen molar-refractivity contribution < 1.29 is 4.79 Å². The van der Waals surface area contributed by atoms with Crippen LogP contribution < -0.4 is 11.1 Å². The van der Waals surface area contributed by atoms with Gasteiger partial charge in [-0.3, -0.25) is 9.48 Å². The van der Waals surface area contributed by atoms with Crippen molar-refractivity contribution >= 4 is 16.9 Å². The number of hydrogen-bond donors (Lipinski definition) is 2. The smallest absolute Gasteiger partial charge is 0.252 e. The number of pyridine rings is 1. The zero-order valence-corrected chi connectivity index (χ0v) is 11.3. The van der Waals surface area contributed by atoms with E-state index >= 15 is 0 Å². The first-order valence-corrected chi connectivity index (χ1v) is 6.41. The van der Waals surface area contributed by atoms with Crippen LogP contribution in [0.5, 0.6) is 0 Å². The number of fused-ring (bicyclic) bond motifs is 1. The second-order valence-electron chi connectivity index (χ2n) is 4.56. The fraction of sp³-hybridized carbons (Fsp3) is 0.462. The van der Waals surface area contributed by atoms with Gasteiger partial charge >= 0.3 is 0 Å². The Bertz CT molecular complexity index is 590. The molecule has 0 unspecified atom stereocenters. The predicted octanol–water partition coefficient (Wildman–Crippen LogP) is 0.745. The van der Waals surface area contributed by atoms with Gasteiger partial charge in [0.1, 0.15) is 0 Å². The molecule has 0 saturated carbocycles. The van der Waals surface area contributed by atoms with E-state index in [2.05, 4.69) is 15.4 Å². The van der Waals surface area contributed by atoms with Gasteiger partial charge in [-0.25, -0.2) is 4.98 Å². The Morgan fingerprint density at radius 2 is 2.26 bits per heavy atom. The molecule has 3 N–H and O–H groups in total. The van der Waals surface area contributed by atoms with Crippen molar-refractivity contribution in [3.8, 4) is 0 Å². The number of carbonyl (C=O) groups is 1. The summed E-state index contributed by atoms with van der Waals surface area (Å²) in [6.07, 6.45) is 3.39. The van der Waals surface area contributed by atoms with Gasteiger partial charge in [0.25, 0.3) is 5.91 Å². The topological polar surface area (TPSA) is 85.8 Å². The number of amides is 1. The summed E-state index contributed by atoms with van der Waals surface area (Å²) in [6.45, 7) is 3.20. The van der Waals surface area contributed by atoms with E-state index in [0.29, 0.717) is 18.7 Å². The van der Waals surface area contributed by atoms with Crippen LogP contribution in [0.4, 0.5) is 0 Å². The summed E-state index contributed by atoms with van der Waals surface area (Å²) in [5.41, 5.74) is 7.64. The third-order valence-electron chi connectivity index (χ3n) is 3.04. The molecule has 0 saturated heterocycles. The highest BCUT2D eigenvalue weighted by Gasteiger charge is 2.11. The third-order valence-corrected chi connectivity index (χ3v) is 3.04. The summed E-state index contributed by atoms with van der Waals surface area (Å²) >= 11 is 0. The average molecular weight is 261 g/mol. The number of nitrogens with two attached hydrogens (primary N) is 1. The molecule has 0 spiro atoms. The molecule has 0 aromatic carbocycles. The molecular formula is C13H19N5O. The Balaban J connectivity index is 2.12. The van der Waals surface area contributed by atoms with Crippen LogP contribution in [0.15, 0.2) is 12.3 Å². The van der Waals surface area contributed by atoms with E-state index in [4.69, 9.17) is 5.73 Å². The summed E-state index contributed by atoms with van der Waals surface area (Å²) in [7, 11) is 1.84. The van der Waals surface area contributed by atoms with Gasteiger partial charge in [0.15, 0.2) is 5.65 Å². The summed E-state index contributed by atoms with van der Waals surface area (Å²) in [5, 5.41) is 8.06. The Hall–Kier alpha value is -1.95. The highest BCUT2D eigenvalue weighted by Crippen LogP contribution is 2.16. The Kier molecular flexibility index (Phi) is 4.11. The van der Waals surface area contributed by atoms with E-state index in [1.54, 1.807) is 10.9 Å². The lowest BCUT2D eigenvalue weighted by atomic mass is 10.2. The van der Waals surface area contributed by atoms with Gasteiger partial charge in [-0.2, -0.15) is 5.10 Å². The average Bonchev–Trinajstić information content (AvgIpc) is 2.69. The quantitative estimate of drug-likeness (QED) is 0.777. The molecular weight excluding hydrogens is 242 g/mol. The molecule has 19 heavy (non-hydrogen) atoms. The van der Waals surface area contributed by atoms with Crippen LogP contribution in [0, 0.1) is 6.92 Å². The first kappa shape index (κ1) is 13.5. The van der Waals surface area contributed by atoms with Crippen molar-refractivity contribution in [3.05, 3.63) is 23.5 Å². The number of unbranched alkanes of at least 4 members (excludes halogenated alkanes) is 1. The SMILES string of the molecule is Cc1nn(C)c2ncc(C(=O)NCCCCN)cc12. The van der Waals surface area contributed by atoms with Crippen molar-refractivity contribution in [2.75, 3.05) is 13.1 Å². The predicted molar refractivity (Wildman–Crippen MR) is 73.9 cm³/mol. The van der Waals surface area contributed by atoms with Crippen LogP contribution in [0.25, 0.3) is 11.0 Å². The highest BCUT2D eigenvalue weighted by molar-refractivity contribution is 5.97. The standard InChI is InChI=1S/C13H19N5O/c1-9-11-7-10(8-16-12(11)18(2)17-9)13(19)15-6-4-3-5-14/h7-8H,3-6,14H2,1-2H3,(H,15,19). The van der Waals surface area contributed by atoms with Crippen molar-refractivity contribution in [3.63, 3.8) is 0 Å². The van der Waals surface area contributed by atoms with E-state index in [9.17, 15) is 4.79 Å². The van der Waals surface area contributed by atoms with Crippen molar-refractivity contribution in [1.82, 2.24) is 20.1 Å². The molecule has 0 atom stereocenters. The number of nitrogens with one attached hydrogen (secondary N) is 1. The van der Waals surface area contributed by atoms with Gasteiger partial charge in [-0.1, -0.05) is 0 Å². The van der Waals surface area contributed by atoms with E-state index in [0.717, 1.165) is 29.6 Å². The molecule has 2 aromatic rings. The zero-order chi connectivity index (χ0) is 13.8. The van der Waals surface area contributed by atoms with Crippen molar-refractivity contribution in [2.45, 2.75) is 19.8 Å². The van der Waals surface area contributed by atoms with Crippen molar-refractivity contribution in [1.29, 1.82) is 0 Å². The van der Waals surface area contributed by atoms with E-state index in [1.165, 1.54) is 0 Å². The van der Waals surface area contributed by atoms with Gasteiger partial charge in [-0.15, -0.1) is 0 Å². The summed E-state index contributed by atoms with van der Waals surface area (Å²) in [6, 6.07) is 1.84. The van der Waals surface area contributed by atoms with E-state index in [1.807, 2.05) is 20.0 Å². The van der Waals surface area contributed by atoms with Crippen LogP contribution >= 0.6 is 0 Å². The molecule has 6 heteroatoms. The van der Waals surface area contributed by atoms with Gasteiger partial charge in [0, 0.05) is 25.2 Å². The number of rotatable bonds is 5. The molecule has 2 aromatic heterocycles. The maximum atomic E-state index is 12.0. The summed E-state index contributed by atoms with van der Waals surface area (Å²) in [4.78, 5) is 16.2. The van der Waals surface area contributed by atoms with Crippen LogP contribution in [-0.4, -0.2) is 33.8 Å². The first-order chi connectivity index (χ1) is 9.13. The van der Waals surface area contributed by atoms with Gasteiger partial charge in [0.2, 0.25) is 0 Å². The number of hydrogen-bond acceptors (Lipinski definition) is 4. The monoisotopic (exact) mass is 261 g/mol. The molecule has 2 heterocycles. The van der Waals surface area contributed by atoms with Gasteiger partial charge in [0.05, 0.1) is 11.3 Å².